The van der Waals surface area contributed by atoms with E-state index >= 15 is 0 Å². The molecule has 0 saturated carbocycles. The van der Waals surface area contributed by atoms with E-state index < -0.39 is 0 Å². The summed E-state index contributed by atoms with van der Waals surface area (Å²) in [6, 6.07) is 10.6. The van der Waals surface area contributed by atoms with Crippen LogP contribution in [0.15, 0.2) is 35.7 Å². The summed E-state index contributed by atoms with van der Waals surface area (Å²) in [4.78, 5) is 18.8. The Bertz CT molecular complexity index is 640. The van der Waals surface area contributed by atoms with Gasteiger partial charge in [0.15, 0.2) is 0 Å². The number of nitrogens with two attached hydrogens (primary N) is 1. The number of aromatic nitrogens is 1. The van der Waals surface area contributed by atoms with Gasteiger partial charge in [-0.05, 0) is 23.8 Å². The van der Waals surface area contributed by atoms with Gasteiger partial charge in [-0.15, -0.1) is 11.3 Å². The molecule has 1 aromatic heterocycles. The molecule has 1 amide bonds. The highest BCUT2D eigenvalue weighted by Gasteiger charge is 2.30. The quantitative estimate of drug-likeness (QED) is 0.947. The van der Waals surface area contributed by atoms with E-state index in [1.165, 1.54) is 16.9 Å². The molecule has 1 saturated heterocycles. The fraction of sp³-hybridized carbons (Fsp3) is 0.412. The molecule has 0 radical (unpaired) electrons. The Morgan fingerprint density at radius 2 is 2.18 bits per heavy atom. The maximum Gasteiger partial charge on any atom is 0.273 e. The molecule has 0 aliphatic carbocycles. The molecule has 3 rings (SSSR count). The largest absolute Gasteiger partial charge is 0.337 e. The van der Waals surface area contributed by atoms with Gasteiger partial charge in [-0.1, -0.05) is 37.3 Å². The van der Waals surface area contributed by atoms with Gasteiger partial charge in [0.2, 0.25) is 0 Å². The van der Waals surface area contributed by atoms with E-state index in [-0.39, 0.29) is 5.91 Å². The third-order valence-electron chi connectivity index (χ3n) is 4.37. The summed E-state index contributed by atoms with van der Waals surface area (Å²) in [5.74, 6) is 1.02. The number of thiazole rings is 1. The van der Waals surface area contributed by atoms with Crippen LogP contribution in [0.3, 0.4) is 0 Å². The van der Waals surface area contributed by atoms with Gasteiger partial charge in [0.05, 0.1) is 0 Å². The Morgan fingerprint density at radius 1 is 1.41 bits per heavy atom. The lowest BCUT2D eigenvalue weighted by Crippen LogP contribution is -2.42. The monoisotopic (exact) mass is 315 g/mol. The third kappa shape index (κ3) is 3.05. The van der Waals surface area contributed by atoms with Gasteiger partial charge in [-0.2, -0.15) is 0 Å². The van der Waals surface area contributed by atoms with Gasteiger partial charge < -0.3 is 10.6 Å². The van der Waals surface area contributed by atoms with Crippen LogP contribution < -0.4 is 5.73 Å². The number of rotatable bonds is 3. The van der Waals surface area contributed by atoms with Crippen LogP contribution >= 0.6 is 11.3 Å². The minimum Gasteiger partial charge on any atom is -0.337 e. The molecule has 5 heteroatoms. The second-order valence-electron chi connectivity index (χ2n) is 5.86. The third-order valence-corrected chi connectivity index (χ3v) is 5.24. The van der Waals surface area contributed by atoms with Gasteiger partial charge in [-0.25, -0.2) is 4.98 Å². The smallest absolute Gasteiger partial charge is 0.273 e. The Kier molecular flexibility index (Phi) is 4.55. The summed E-state index contributed by atoms with van der Waals surface area (Å²) in [7, 11) is 0. The summed E-state index contributed by atoms with van der Waals surface area (Å²) < 4.78 is 0. The molecule has 1 fully saturated rings. The van der Waals surface area contributed by atoms with Crippen molar-refractivity contribution in [1.29, 1.82) is 0 Å². The first-order valence-electron chi connectivity index (χ1n) is 7.67. The van der Waals surface area contributed by atoms with Crippen LogP contribution in [0.25, 0.3) is 0 Å². The van der Waals surface area contributed by atoms with Crippen molar-refractivity contribution in [2.24, 2.45) is 11.7 Å². The minimum absolute atomic E-state index is 0.0364. The molecule has 1 aliphatic rings. The number of piperidine rings is 1. The normalized spacial score (nSPS) is 21.8. The molecule has 2 heterocycles. The molecule has 4 nitrogen and oxygen atoms in total. The number of likely N-dealkylation sites (tertiary alicyclic amines) is 1. The predicted octanol–water partition coefficient (Wildman–Crippen LogP) is 2.87. The van der Waals surface area contributed by atoms with Crippen molar-refractivity contribution in [3.8, 4) is 0 Å². The summed E-state index contributed by atoms with van der Waals surface area (Å²) in [5, 5.41) is 2.63. The summed E-state index contributed by atoms with van der Waals surface area (Å²) in [6.07, 6.45) is 1.00. The number of carbonyl (C=O) groups is 1. The number of amides is 1. The first-order chi connectivity index (χ1) is 10.7. The zero-order valence-electron chi connectivity index (χ0n) is 12.7. The lowest BCUT2D eigenvalue weighted by Gasteiger charge is -2.37. The van der Waals surface area contributed by atoms with Gasteiger partial charge in [-0.3, -0.25) is 4.79 Å². The Labute approximate surface area is 135 Å². The van der Waals surface area contributed by atoms with E-state index in [1.54, 1.807) is 0 Å². The van der Waals surface area contributed by atoms with Crippen LogP contribution in [-0.4, -0.2) is 28.9 Å². The maximum atomic E-state index is 12.5. The predicted molar refractivity (Wildman–Crippen MR) is 88.9 cm³/mol. The maximum absolute atomic E-state index is 12.5. The molecule has 2 atom stereocenters. The highest BCUT2D eigenvalue weighted by Crippen LogP contribution is 2.33. The number of carbonyl (C=O) groups excluding carboxylic acids is 1. The second-order valence-corrected chi connectivity index (χ2v) is 6.81. The van der Waals surface area contributed by atoms with Gasteiger partial charge in [0.25, 0.3) is 5.91 Å². The molecule has 2 N–H and O–H groups in total. The number of hydrogen-bond donors (Lipinski definition) is 1. The summed E-state index contributed by atoms with van der Waals surface area (Å²) in [5.41, 5.74) is 7.48. The van der Waals surface area contributed by atoms with Crippen molar-refractivity contribution >= 4 is 17.2 Å². The van der Waals surface area contributed by atoms with E-state index in [9.17, 15) is 4.79 Å². The number of nitrogens with zero attached hydrogens (tertiary/aromatic N) is 2. The van der Waals surface area contributed by atoms with Gasteiger partial charge in [0, 0.05) is 25.0 Å². The van der Waals surface area contributed by atoms with Crippen molar-refractivity contribution in [3.05, 3.63) is 52.0 Å². The van der Waals surface area contributed by atoms with E-state index in [1.807, 2.05) is 16.3 Å². The molecule has 1 aromatic carbocycles. The molecular weight excluding hydrogens is 294 g/mol. The van der Waals surface area contributed by atoms with E-state index in [2.05, 4.69) is 36.2 Å². The van der Waals surface area contributed by atoms with Crippen LogP contribution in [0.4, 0.5) is 0 Å². The van der Waals surface area contributed by atoms with Gasteiger partial charge in [0.1, 0.15) is 10.7 Å². The van der Waals surface area contributed by atoms with Crippen LogP contribution in [0.5, 0.6) is 0 Å². The standard InChI is InChI=1S/C17H21N3OS/c1-12-10-20(17(21)15-11-22-16(9-18)19-15)8-7-14(12)13-5-3-2-4-6-13/h2-6,11-12,14H,7-10,18H2,1H3. The average molecular weight is 315 g/mol. The Hall–Kier alpha value is -1.72. The van der Waals surface area contributed by atoms with Gasteiger partial charge >= 0.3 is 0 Å². The van der Waals surface area contributed by atoms with Crippen molar-refractivity contribution in [1.82, 2.24) is 9.88 Å². The fourth-order valence-corrected chi connectivity index (χ4v) is 3.84. The number of hydrogen-bond acceptors (Lipinski definition) is 4. The van der Waals surface area contributed by atoms with Crippen molar-refractivity contribution in [3.63, 3.8) is 0 Å². The van der Waals surface area contributed by atoms with E-state index in [0.717, 1.165) is 24.5 Å². The lowest BCUT2D eigenvalue weighted by atomic mass is 9.81. The Morgan fingerprint density at radius 3 is 2.82 bits per heavy atom. The average Bonchev–Trinajstić information content (AvgIpc) is 3.04. The first kappa shape index (κ1) is 15.2. The molecular formula is C17H21N3OS. The molecule has 116 valence electrons. The van der Waals surface area contributed by atoms with Crippen LogP contribution in [0.1, 0.15) is 40.3 Å². The minimum atomic E-state index is 0.0364. The Balaban J connectivity index is 1.68. The lowest BCUT2D eigenvalue weighted by molar-refractivity contribution is 0.0655. The zero-order valence-corrected chi connectivity index (χ0v) is 13.6. The highest BCUT2D eigenvalue weighted by molar-refractivity contribution is 7.09. The van der Waals surface area contributed by atoms with E-state index in [0.29, 0.717) is 24.1 Å². The summed E-state index contributed by atoms with van der Waals surface area (Å²) in [6.45, 7) is 4.19. The molecule has 2 unspecified atom stereocenters. The SMILES string of the molecule is CC1CN(C(=O)c2csc(CN)n2)CCC1c1ccccc1. The van der Waals surface area contributed by atoms with Crippen LogP contribution in [-0.2, 0) is 6.54 Å². The van der Waals surface area contributed by atoms with Crippen molar-refractivity contribution in [2.45, 2.75) is 25.8 Å². The van der Waals surface area contributed by atoms with Crippen LogP contribution in [0, 0.1) is 5.92 Å². The first-order valence-corrected chi connectivity index (χ1v) is 8.55. The number of benzene rings is 1. The fourth-order valence-electron chi connectivity index (χ4n) is 3.19. The van der Waals surface area contributed by atoms with Crippen LogP contribution in [0.2, 0.25) is 0 Å². The highest BCUT2D eigenvalue weighted by atomic mass is 32.1. The van der Waals surface area contributed by atoms with E-state index in [4.69, 9.17) is 5.73 Å². The van der Waals surface area contributed by atoms with Crippen molar-refractivity contribution in [2.75, 3.05) is 13.1 Å². The molecule has 0 spiro atoms. The summed E-state index contributed by atoms with van der Waals surface area (Å²) >= 11 is 1.46. The second kappa shape index (κ2) is 6.58. The topological polar surface area (TPSA) is 59.2 Å². The molecule has 2 aromatic rings. The molecule has 1 aliphatic heterocycles. The van der Waals surface area contributed by atoms with Crippen molar-refractivity contribution < 1.29 is 4.79 Å². The molecule has 22 heavy (non-hydrogen) atoms. The zero-order chi connectivity index (χ0) is 15.5. The molecule has 0 bridgehead atoms.